The van der Waals surface area contributed by atoms with Crippen LogP contribution in [0.3, 0.4) is 0 Å². The molecule has 0 spiro atoms. The van der Waals surface area contributed by atoms with Crippen molar-refractivity contribution in [1.29, 1.82) is 0 Å². The zero-order chi connectivity index (χ0) is 24.6. The van der Waals surface area contributed by atoms with Crippen molar-refractivity contribution in [1.82, 2.24) is 19.9 Å². The van der Waals surface area contributed by atoms with Crippen LogP contribution in [0.5, 0.6) is 0 Å². The summed E-state index contributed by atoms with van der Waals surface area (Å²) in [5.74, 6) is -0.0324. The highest BCUT2D eigenvalue weighted by Crippen LogP contribution is 2.32. The molecule has 5 rings (SSSR count). The number of hydrogen-bond acceptors (Lipinski definition) is 5. The topological polar surface area (TPSA) is 69.9 Å². The quantitative estimate of drug-likeness (QED) is 0.566. The Balaban J connectivity index is 1.14. The minimum Gasteiger partial charge on any atom is -0.351 e. The van der Waals surface area contributed by atoms with E-state index in [0.717, 1.165) is 25.2 Å². The molecule has 2 saturated heterocycles. The van der Waals surface area contributed by atoms with Crippen molar-refractivity contribution in [3.05, 3.63) is 77.7 Å². The van der Waals surface area contributed by atoms with Crippen LogP contribution >= 0.6 is 0 Å². The molecule has 0 N–H and O–H groups in total. The molecule has 10 heteroatoms. The lowest BCUT2D eigenvalue weighted by Gasteiger charge is -2.48. The number of halogens is 3. The van der Waals surface area contributed by atoms with E-state index in [4.69, 9.17) is 4.52 Å². The first-order valence-electron chi connectivity index (χ1n) is 11.3. The summed E-state index contributed by atoms with van der Waals surface area (Å²) in [5, 5.41) is 3.57. The van der Waals surface area contributed by atoms with E-state index in [2.05, 4.69) is 10.1 Å². The van der Waals surface area contributed by atoms with Crippen LogP contribution in [-0.4, -0.2) is 77.0 Å². The summed E-state index contributed by atoms with van der Waals surface area (Å²) < 4.78 is 43.9. The van der Waals surface area contributed by atoms with E-state index < -0.39 is 11.7 Å². The molecule has 2 aromatic carbocycles. The largest absolute Gasteiger partial charge is 0.416 e. The Morgan fingerprint density at radius 3 is 2.20 bits per heavy atom. The zero-order valence-electron chi connectivity index (χ0n) is 18.7. The van der Waals surface area contributed by atoms with Gasteiger partial charge in [-0.05, 0) is 35.4 Å². The van der Waals surface area contributed by atoms with Gasteiger partial charge in [-0.25, -0.2) is 0 Å². The molecule has 0 radical (unpaired) electrons. The molecule has 2 aliphatic heterocycles. The molecule has 3 heterocycles. The Kier molecular flexibility index (Phi) is 6.06. The van der Waals surface area contributed by atoms with E-state index in [-0.39, 0.29) is 23.6 Å². The first kappa shape index (κ1) is 23.1. The van der Waals surface area contributed by atoms with Gasteiger partial charge in [-0.1, -0.05) is 29.4 Å². The summed E-state index contributed by atoms with van der Waals surface area (Å²) in [7, 11) is 0. The van der Waals surface area contributed by atoms with Gasteiger partial charge in [0, 0.05) is 56.9 Å². The van der Waals surface area contributed by atoms with Crippen molar-refractivity contribution >= 4 is 11.8 Å². The van der Waals surface area contributed by atoms with Crippen LogP contribution in [0.1, 0.15) is 26.5 Å². The molecule has 2 fully saturated rings. The SMILES string of the molecule is O=C(c1ccc(-c2cccc(C(F)(F)F)c2)cc1)N1CC(N2CCN(C(=O)c3ccno3)CC2)C1. The highest BCUT2D eigenvalue weighted by Gasteiger charge is 2.37. The fraction of sp³-hybridized carbons (Fsp3) is 0.320. The highest BCUT2D eigenvalue weighted by atomic mass is 19.4. The monoisotopic (exact) mass is 484 g/mol. The maximum atomic E-state index is 13.0. The molecule has 182 valence electrons. The van der Waals surface area contributed by atoms with Gasteiger partial charge in [-0.2, -0.15) is 13.2 Å². The number of hydrogen-bond donors (Lipinski definition) is 0. The van der Waals surface area contributed by atoms with E-state index in [0.29, 0.717) is 42.9 Å². The molecule has 0 unspecified atom stereocenters. The predicted octanol–water partition coefficient (Wildman–Crippen LogP) is 3.64. The van der Waals surface area contributed by atoms with E-state index in [1.807, 2.05) is 0 Å². The van der Waals surface area contributed by atoms with Crippen LogP contribution in [0.25, 0.3) is 11.1 Å². The molecule has 3 aromatic rings. The van der Waals surface area contributed by atoms with E-state index in [1.54, 1.807) is 46.2 Å². The van der Waals surface area contributed by atoms with Crippen LogP contribution in [0, 0.1) is 0 Å². The fourth-order valence-corrected chi connectivity index (χ4v) is 4.49. The average Bonchev–Trinajstić information content (AvgIpc) is 3.38. The Morgan fingerprint density at radius 2 is 1.57 bits per heavy atom. The van der Waals surface area contributed by atoms with Gasteiger partial charge in [0.2, 0.25) is 5.76 Å². The van der Waals surface area contributed by atoms with Gasteiger partial charge in [0.25, 0.3) is 11.8 Å². The summed E-state index contributed by atoms with van der Waals surface area (Å²) in [4.78, 5) is 31.0. The second-order valence-corrected chi connectivity index (χ2v) is 8.72. The summed E-state index contributed by atoms with van der Waals surface area (Å²) in [6, 6.07) is 13.6. The number of carbonyl (C=O) groups excluding carboxylic acids is 2. The van der Waals surface area contributed by atoms with Gasteiger partial charge >= 0.3 is 6.18 Å². The lowest BCUT2D eigenvalue weighted by atomic mass is 10.00. The smallest absolute Gasteiger partial charge is 0.351 e. The fourth-order valence-electron chi connectivity index (χ4n) is 4.49. The minimum absolute atomic E-state index is 0.101. The first-order chi connectivity index (χ1) is 16.8. The summed E-state index contributed by atoms with van der Waals surface area (Å²) in [6.45, 7) is 3.81. The van der Waals surface area contributed by atoms with E-state index in [1.165, 1.54) is 12.3 Å². The predicted molar refractivity (Wildman–Crippen MR) is 121 cm³/mol. The lowest BCUT2D eigenvalue weighted by Crippen LogP contribution is -2.64. The van der Waals surface area contributed by atoms with Crippen molar-refractivity contribution in [3.8, 4) is 11.1 Å². The molecule has 0 saturated carbocycles. The second kappa shape index (κ2) is 9.18. The van der Waals surface area contributed by atoms with Gasteiger partial charge < -0.3 is 14.3 Å². The number of aromatic nitrogens is 1. The molecule has 2 amide bonds. The maximum Gasteiger partial charge on any atom is 0.416 e. The molecular weight excluding hydrogens is 461 g/mol. The van der Waals surface area contributed by atoms with Crippen molar-refractivity contribution in [2.24, 2.45) is 0 Å². The molecule has 7 nitrogen and oxygen atoms in total. The molecular formula is C25H23F3N4O3. The molecule has 0 atom stereocenters. The molecule has 2 aliphatic rings. The third-order valence-corrected chi connectivity index (χ3v) is 6.57. The Morgan fingerprint density at radius 1 is 0.857 bits per heavy atom. The van der Waals surface area contributed by atoms with Gasteiger partial charge in [-0.15, -0.1) is 0 Å². The third kappa shape index (κ3) is 4.79. The first-order valence-corrected chi connectivity index (χ1v) is 11.3. The number of benzene rings is 2. The number of likely N-dealkylation sites (tertiary alicyclic amines) is 1. The highest BCUT2D eigenvalue weighted by molar-refractivity contribution is 5.95. The van der Waals surface area contributed by atoms with Gasteiger partial charge in [0.15, 0.2) is 0 Å². The lowest BCUT2D eigenvalue weighted by molar-refractivity contribution is -0.137. The summed E-state index contributed by atoms with van der Waals surface area (Å²) in [5.41, 5.74) is 0.863. The van der Waals surface area contributed by atoms with Gasteiger partial charge in [0.05, 0.1) is 11.8 Å². The Hall–Kier alpha value is -3.66. The number of alkyl halides is 3. The van der Waals surface area contributed by atoms with Crippen molar-refractivity contribution in [2.45, 2.75) is 12.2 Å². The van der Waals surface area contributed by atoms with Gasteiger partial charge in [-0.3, -0.25) is 14.5 Å². The number of nitrogens with zero attached hydrogens (tertiary/aromatic N) is 4. The van der Waals surface area contributed by atoms with Crippen molar-refractivity contribution in [3.63, 3.8) is 0 Å². The van der Waals surface area contributed by atoms with E-state index >= 15 is 0 Å². The molecule has 0 aliphatic carbocycles. The minimum atomic E-state index is -4.40. The summed E-state index contributed by atoms with van der Waals surface area (Å²) >= 11 is 0. The van der Waals surface area contributed by atoms with Crippen LogP contribution in [-0.2, 0) is 6.18 Å². The number of amides is 2. The van der Waals surface area contributed by atoms with Gasteiger partial charge in [0.1, 0.15) is 0 Å². The number of rotatable bonds is 4. The standard InChI is InChI=1S/C25H23F3N4O3/c26-25(27,28)20-3-1-2-19(14-20)17-4-6-18(7-5-17)23(33)32-15-21(16-32)30-10-12-31(13-11-30)24(34)22-8-9-29-35-22/h1-9,14,21H,10-13,15-16H2. The number of carbonyl (C=O) groups is 2. The van der Waals surface area contributed by atoms with Crippen LogP contribution in [0.2, 0.25) is 0 Å². The normalized spacial score (nSPS) is 17.3. The van der Waals surface area contributed by atoms with E-state index in [9.17, 15) is 22.8 Å². The average molecular weight is 484 g/mol. The summed E-state index contributed by atoms with van der Waals surface area (Å²) in [6.07, 6.45) is -2.96. The van der Waals surface area contributed by atoms with Crippen molar-refractivity contribution in [2.75, 3.05) is 39.3 Å². The molecule has 35 heavy (non-hydrogen) atoms. The third-order valence-electron chi connectivity index (χ3n) is 6.57. The van der Waals surface area contributed by atoms with Crippen LogP contribution in [0.15, 0.2) is 65.3 Å². The van der Waals surface area contributed by atoms with Crippen LogP contribution < -0.4 is 0 Å². The second-order valence-electron chi connectivity index (χ2n) is 8.72. The maximum absolute atomic E-state index is 13.0. The molecule has 1 aromatic heterocycles. The zero-order valence-corrected chi connectivity index (χ0v) is 18.7. The Bertz CT molecular complexity index is 1200. The number of piperazine rings is 1. The van der Waals surface area contributed by atoms with Crippen LogP contribution in [0.4, 0.5) is 13.2 Å². The molecule has 0 bridgehead atoms. The Labute approximate surface area is 199 Å². The van der Waals surface area contributed by atoms with Crippen molar-refractivity contribution < 1.29 is 27.3 Å².